The van der Waals surface area contributed by atoms with Gasteiger partial charge in [0.05, 0.1) is 30.2 Å². The van der Waals surface area contributed by atoms with Crippen molar-refractivity contribution in [1.82, 2.24) is 24.8 Å². The largest absolute Gasteiger partial charge is 0.495 e. The lowest BCUT2D eigenvalue weighted by Crippen LogP contribution is -2.48. The van der Waals surface area contributed by atoms with Gasteiger partial charge < -0.3 is 25.4 Å². The quantitative estimate of drug-likeness (QED) is 0.462. The number of amides is 1. The molecule has 2 fully saturated rings. The summed E-state index contributed by atoms with van der Waals surface area (Å²) < 4.78 is 7.38. The molecular weight excluding hydrogens is 474 g/mol. The number of carboxylic acid groups (broad SMARTS) is 1. The number of fused-ring (bicyclic) bond motifs is 4. The van der Waals surface area contributed by atoms with Gasteiger partial charge in [0.2, 0.25) is 5.95 Å². The van der Waals surface area contributed by atoms with Crippen LogP contribution >= 0.6 is 0 Å². The maximum atomic E-state index is 12.1. The third-order valence-electron chi connectivity index (χ3n) is 7.95. The second kappa shape index (κ2) is 8.46. The van der Waals surface area contributed by atoms with Crippen LogP contribution < -0.4 is 20.3 Å². The van der Waals surface area contributed by atoms with Gasteiger partial charge in [-0.25, -0.2) is 14.8 Å². The summed E-state index contributed by atoms with van der Waals surface area (Å²) in [6, 6.07) is 5.40. The summed E-state index contributed by atoms with van der Waals surface area (Å²) in [7, 11) is 3.12. The molecular formula is C26H29N7O4. The number of hydrogen-bond donors (Lipinski definition) is 3. The highest BCUT2D eigenvalue weighted by molar-refractivity contribution is 5.95. The first-order valence-corrected chi connectivity index (χ1v) is 12.5. The number of imidazole rings is 1. The first kappa shape index (κ1) is 23.3. The summed E-state index contributed by atoms with van der Waals surface area (Å²) in [5.41, 5.74) is 2.20. The molecule has 3 aliphatic rings. The van der Waals surface area contributed by atoms with E-state index in [2.05, 4.69) is 32.4 Å². The van der Waals surface area contributed by atoms with Crippen LogP contribution in [0, 0.1) is 5.92 Å². The number of aromatic carboxylic acids is 1. The predicted molar refractivity (Wildman–Crippen MR) is 136 cm³/mol. The number of carbonyl (C=O) groups is 2. The van der Waals surface area contributed by atoms with Crippen LogP contribution in [0.2, 0.25) is 0 Å². The van der Waals surface area contributed by atoms with Crippen LogP contribution in [0.25, 0.3) is 5.69 Å². The zero-order chi connectivity index (χ0) is 25.9. The van der Waals surface area contributed by atoms with E-state index in [1.54, 1.807) is 44.9 Å². The maximum Gasteiger partial charge on any atom is 0.356 e. The number of carbonyl (C=O) groups excluding carboxylic acids is 1. The first-order chi connectivity index (χ1) is 17.9. The van der Waals surface area contributed by atoms with Crippen molar-refractivity contribution in [1.29, 1.82) is 0 Å². The minimum Gasteiger partial charge on any atom is -0.495 e. The van der Waals surface area contributed by atoms with E-state index in [1.807, 2.05) is 4.57 Å². The number of hydrogen-bond acceptors (Lipinski definition) is 8. The van der Waals surface area contributed by atoms with Gasteiger partial charge in [0.25, 0.3) is 5.91 Å². The zero-order valence-corrected chi connectivity index (χ0v) is 21.0. The molecule has 192 valence electrons. The van der Waals surface area contributed by atoms with E-state index < -0.39 is 11.5 Å². The molecule has 0 bridgehead atoms. The van der Waals surface area contributed by atoms with Gasteiger partial charge in [0, 0.05) is 18.7 Å². The number of nitrogens with one attached hydrogen (secondary N) is 2. The fourth-order valence-corrected chi connectivity index (χ4v) is 6.11. The Morgan fingerprint density at radius 2 is 1.97 bits per heavy atom. The van der Waals surface area contributed by atoms with Crippen molar-refractivity contribution >= 4 is 29.3 Å². The van der Waals surface area contributed by atoms with Gasteiger partial charge in [-0.3, -0.25) is 9.36 Å². The van der Waals surface area contributed by atoms with Crippen molar-refractivity contribution in [3.8, 4) is 11.4 Å². The Labute approximate surface area is 213 Å². The van der Waals surface area contributed by atoms with E-state index in [0.29, 0.717) is 22.9 Å². The van der Waals surface area contributed by atoms with Crippen LogP contribution in [0.15, 0.2) is 30.7 Å². The van der Waals surface area contributed by atoms with Gasteiger partial charge >= 0.3 is 5.97 Å². The molecule has 3 aromatic rings. The van der Waals surface area contributed by atoms with Crippen molar-refractivity contribution in [3.05, 3.63) is 47.7 Å². The van der Waals surface area contributed by atoms with E-state index in [1.165, 1.54) is 0 Å². The van der Waals surface area contributed by atoms with Crippen LogP contribution in [0.4, 0.5) is 17.5 Å². The molecule has 1 spiro atoms. The smallest absolute Gasteiger partial charge is 0.356 e. The molecule has 11 nitrogen and oxygen atoms in total. The van der Waals surface area contributed by atoms with Crippen LogP contribution in [-0.2, 0) is 5.54 Å². The van der Waals surface area contributed by atoms with Gasteiger partial charge in [0.1, 0.15) is 17.8 Å². The van der Waals surface area contributed by atoms with Gasteiger partial charge in [0.15, 0.2) is 11.5 Å². The summed E-state index contributed by atoms with van der Waals surface area (Å²) in [4.78, 5) is 40.4. The highest BCUT2D eigenvalue weighted by Gasteiger charge is 2.64. The monoisotopic (exact) mass is 503 g/mol. The third-order valence-corrected chi connectivity index (χ3v) is 7.95. The van der Waals surface area contributed by atoms with Crippen molar-refractivity contribution in [2.24, 2.45) is 5.92 Å². The normalized spacial score (nSPS) is 21.9. The molecule has 1 aliphatic heterocycles. The second-order valence-electron chi connectivity index (χ2n) is 9.98. The Morgan fingerprint density at radius 1 is 1.22 bits per heavy atom. The van der Waals surface area contributed by atoms with E-state index in [-0.39, 0.29) is 23.6 Å². The Balaban J connectivity index is 1.46. The Kier molecular flexibility index (Phi) is 5.32. The van der Waals surface area contributed by atoms with E-state index in [9.17, 15) is 14.7 Å². The molecule has 1 amide bonds. The lowest BCUT2D eigenvalue weighted by atomic mass is 9.98. The SMILES string of the molecule is CNC(=O)c1ccc(Nc2ncc3c(n2)N(C2CCCC2)C2(CC2C)c2c(C(=O)O)ncn2-3)c(OC)c1. The number of aromatic nitrogens is 4. The van der Waals surface area contributed by atoms with E-state index >= 15 is 0 Å². The van der Waals surface area contributed by atoms with Crippen LogP contribution in [-0.4, -0.2) is 56.7 Å². The second-order valence-corrected chi connectivity index (χ2v) is 9.98. The Bertz CT molecular complexity index is 1410. The van der Waals surface area contributed by atoms with Gasteiger partial charge in [-0.1, -0.05) is 19.8 Å². The topological polar surface area (TPSA) is 134 Å². The van der Waals surface area contributed by atoms with Crippen molar-refractivity contribution in [2.45, 2.75) is 50.6 Å². The molecule has 0 radical (unpaired) electrons. The number of methoxy groups -OCH3 is 1. The molecule has 2 saturated carbocycles. The maximum absolute atomic E-state index is 12.1. The van der Waals surface area contributed by atoms with Crippen LogP contribution in [0.5, 0.6) is 5.75 Å². The van der Waals surface area contributed by atoms with Crippen molar-refractivity contribution in [3.63, 3.8) is 0 Å². The molecule has 0 saturated heterocycles. The molecule has 3 N–H and O–H groups in total. The van der Waals surface area contributed by atoms with Crippen LogP contribution in [0.1, 0.15) is 65.6 Å². The summed E-state index contributed by atoms with van der Waals surface area (Å²) in [5.74, 6) is 0.690. The molecule has 6 rings (SSSR count). The molecule has 2 aliphatic carbocycles. The summed E-state index contributed by atoms with van der Waals surface area (Å²) in [6.45, 7) is 2.16. The van der Waals surface area contributed by atoms with Gasteiger partial charge in [-0.2, -0.15) is 4.98 Å². The molecule has 3 heterocycles. The first-order valence-electron chi connectivity index (χ1n) is 12.5. The fourth-order valence-electron chi connectivity index (χ4n) is 6.11. The molecule has 2 unspecified atom stereocenters. The molecule has 2 atom stereocenters. The standard InChI is InChI=1S/C26H29N7O4/c1-14-11-26(14)21-20(24(35)36)29-13-32(21)18-12-28-25(31-22(18)33(26)16-6-4-5-7-16)30-17-9-8-15(23(34)27-2)10-19(17)37-3/h8-10,12-14,16H,4-7,11H2,1-3H3,(H,27,34)(H,35,36)(H,28,30,31). The molecule has 11 heteroatoms. The molecule has 2 aromatic heterocycles. The minimum absolute atomic E-state index is 0.0983. The number of rotatable bonds is 6. The summed E-state index contributed by atoms with van der Waals surface area (Å²) in [6.07, 6.45) is 8.48. The van der Waals surface area contributed by atoms with Crippen molar-refractivity contribution < 1.29 is 19.4 Å². The highest BCUT2D eigenvalue weighted by atomic mass is 16.5. The minimum atomic E-state index is -1.02. The average molecular weight is 504 g/mol. The highest BCUT2D eigenvalue weighted by Crippen LogP contribution is 2.62. The summed E-state index contributed by atoms with van der Waals surface area (Å²) >= 11 is 0. The van der Waals surface area contributed by atoms with Crippen LogP contribution in [0.3, 0.4) is 0 Å². The zero-order valence-electron chi connectivity index (χ0n) is 21.0. The number of anilines is 3. The predicted octanol–water partition coefficient (Wildman–Crippen LogP) is 3.47. The number of ether oxygens (including phenoxy) is 1. The average Bonchev–Trinajstić information content (AvgIpc) is 3.29. The lowest BCUT2D eigenvalue weighted by Gasteiger charge is -2.43. The number of benzene rings is 1. The number of nitrogens with zero attached hydrogens (tertiary/aromatic N) is 5. The Hall–Kier alpha value is -4.15. The third kappa shape index (κ3) is 3.44. The van der Waals surface area contributed by atoms with Gasteiger partial charge in [-0.15, -0.1) is 0 Å². The lowest BCUT2D eigenvalue weighted by molar-refractivity contribution is 0.0688. The van der Waals surface area contributed by atoms with E-state index in [4.69, 9.17) is 9.72 Å². The van der Waals surface area contributed by atoms with Crippen molar-refractivity contribution in [2.75, 3.05) is 24.4 Å². The number of carboxylic acids is 1. The summed E-state index contributed by atoms with van der Waals surface area (Å²) in [5, 5.41) is 15.8. The molecule has 37 heavy (non-hydrogen) atoms. The van der Waals surface area contributed by atoms with E-state index in [0.717, 1.165) is 49.3 Å². The Morgan fingerprint density at radius 3 is 2.62 bits per heavy atom. The van der Waals surface area contributed by atoms with Gasteiger partial charge in [-0.05, 0) is 43.4 Å². The fraction of sp³-hybridized carbons (Fsp3) is 0.423. The molecule has 1 aromatic carbocycles.